The quantitative estimate of drug-likeness (QED) is 0.913. The summed E-state index contributed by atoms with van der Waals surface area (Å²) in [6.45, 7) is 5.66. The third-order valence-electron chi connectivity index (χ3n) is 4.24. The summed E-state index contributed by atoms with van der Waals surface area (Å²) in [6.07, 6.45) is 2.45. The van der Waals surface area contributed by atoms with Gasteiger partial charge in [0.05, 0.1) is 12.7 Å². The zero-order chi connectivity index (χ0) is 14.0. The van der Waals surface area contributed by atoms with Gasteiger partial charge >= 0.3 is 0 Å². The first-order valence-corrected chi connectivity index (χ1v) is 7.51. The van der Waals surface area contributed by atoms with Gasteiger partial charge in [-0.05, 0) is 26.3 Å². The lowest BCUT2D eigenvalue weighted by Gasteiger charge is -2.32. The van der Waals surface area contributed by atoms with Crippen molar-refractivity contribution in [1.82, 2.24) is 4.90 Å². The summed E-state index contributed by atoms with van der Waals surface area (Å²) in [6, 6.07) is 10.5. The van der Waals surface area contributed by atoms with Gasteiger partial charge in [0.1, 0.15) is 0 Å². The third-order valence-corrected chi connectivity index (χ3v) is 4.24. The molecule has 4 nitrogen and oxygen atoms in total. The lowest BCUT2D eigenvalue weighted by atomic mass is 10.1. The molecule has 4 heteroatoms. The van der Waals surface area contributed by atoms with E-state index in [4.69, 9.17) is 15.2 Å². The van der Waals surface area contributed by atoms with Crippen molar-refractivity contribution in [2.24, 2.45) is 5.73 Å². The first-order chi connectivity index (χ1) is 9.66. The summed E-state index contributed by atoms with van der Waals surface area (Å²) in [4.78, 5) is 2.40. The normalized spacial score (nSPS) is 35.3. The van der Waals surface area contributed by atoms with Gasteiger partial charge in [0.25, 0.3) is 0 Å². The Morgan fingerprint density at radius 3 is 2.90 bits per heavy atom. The molecule has 0 bridgehead atoms. The molecular formula is C16H24N2O2. The van der Waals surface area contributed by atoms with Crippen LogP contribution in [-0.4, -0.2) is 43.3 Å². The molecule has 2 saturated heterocycles. The highest BCUT2D eigenvalue weighted by Crippen LogP contribution is 2.34. The number of ether oxygens (including phenoxy) is 2. The number of benzene rings is 1. The highest BCUT2D eigenvalue weighted by atomic mass is 16.7. The van der Waals surface area contributed by atoms with E-state index < -0.39 is 5.79 Å². The van der Waals surface area contributed by atoms with E-state index in [1.165, 1.54) is 6.42 Å². The molecule has 2 aliphatic heterocycles. The molecule has 2 aliphatic rings. The highest BCUT2D eigenvalue weighted by Gasteiger charge is 2.39. The van der Waals surface area contributed by atoms with Crippen molar-refractivity contribution < 1.29 is 9.47 Å². The van der Waals surface area contributed by atoms with Crippen molar-refractivity contribution >= 4 is 0 Å². The molecule has 2 fully saturated rings. The Bertz CT molecular complexity index is 439. The van der Waals surface area contributed by atoms with Gasteiger partial charge in [-0.2, -0.15) is 0 Å². The van der Waals surface area contributed by atoms with Crippen LogP contribution in [0.1, 0.15) is 25.3 Å². The van der Waals surface area contributed by atoms with E-state index in [1.807, 2.05) is 25.1 Å². The Morgan fingerprint density at radius 2 is 2.15 bits per heavy atom. The molecular weight excluding hydrogens is 252 g/mol. The lowest BCUT2D eigenvalue weighted by Crippen LogP contribution is -2.46. The van der Waals surface area contributed by atoms with Crippen molar-refractivity contribution in [2.45, 2.75) is 37.7 Å². The standard InChI is InChI=1S/C16H24N2O2/c1-16(13-6-3-2-4-7-13)19-12-15(20-16)11-18-9-5-8-14(17)10-18/h2-4,6-7,14-15H,5,8-12,17H2,1H3. The molecule has 0 aromatic heterocycles. The molecule has 3 rings (SSSR count). The molecule has 2 heterocycles. The van der Waals surface area contributed by atoms with Gasteiger partial charge in [-0.1, -0.05) is 30.3 Å². The maximum absolute atomic E-state index is 6.17. The molecule has 0 spiro atoms. The van der Waals surface area contributed by atoms with Crippen molar-refractivity contribution in [3.63, 3.8) is 0 Å². The topological polar surface area (TPSA) is 47.7 Å². The Morgan fingerprint density at radius 1 is 1.35 bits per heavy atom. The number of nitrogens with zero attached hydrogens (tertiary/aromatic N) is 1. The van der Waals surface area contributed by atoms with Crippen LogP contribution in [0.4, 0.5) is 0 Å². The fourth-order valence-corrected chi connectivity index (χ4v) is 3.17. The van der Waals surface area contributed by atoms with E-state index in [2.05, 4.69) is 17.0 Å². The van der Waals surface area contributed by atoms with Crippen LogP contribution in [0.25, 0.3) is 0 Å². The van der Waals surface area contributed by atoms with Crippen molar-refractivity contribution in [1.29, 1.82) is 0 Å². The summed E-state index contributed by atoms with van der Waals surface area (Å²) >= 11 is 0. The zero-order valence-corrected chi connectivity index (χ0v) is 12.1. The molecule has 0 radical (unpaired) electrons. The van der Waals surface area contributed by atoms with Crippen molar-refractivity contribution in [3.05, 3.63) is 35.9 Å². The Balaban J connectivity index is 1.59. The predicted molar refractivity (Wildman–Crippen MR) is 78.3 cm³/mol. The van der Waals surface area contributed by atoms with E-state index in [9.17, 15) is 0 Å². The second-order valence-corrected chi connectivity index (χ2v) is 6.02. The van der Waals surface area contributed by atoms with Crippen LogP contribution in [-0.2, 0) is 15.3 Å². The monoisotopic (exact) mass is 276 g/mol. The average molecular weight is 276 g/mol. The van der Waals surface area contributed by atoms with Crippen molar-refractivity contribution in [2.75, 3.05) is 26.2 Å². The molecule has 0 aliphatic carbocycles. The number of piperidine rings is 1. The van der Waals surface area contributed by atoms with Gasteiger partial charge in [0.2, 0.25) is 0 Å². The van der Waals surface area contributed by atoms with Crippen LogP contribution in [0.5, 0.6) is 0 Å². The molecule has 0 saturated carbocycles. The Labute approximate surface area is 120 Å². The first-order valence-electron chi connectivity index (χ1n) is 7.51. The first kappa shape index (κ1) is 14.0. The van der Waals surface area contributed by atoms with E-state index in [0.29, 0.717) is 12.6 Å². The number of hydrogen-bond acceptors (Lipinski definition) is 4. The van der Waals surface area contributed by atoms with E-state index in [0.717, 1.165) is 31.6 Å². The second-order valence-electron chi connectivity index (χ2n) is 6.02. The predicted octanol–water partition coefficient (Wildman–Crippen LogP) is 1.70. The maximum Gasteiger partial charge on any atom is 0.192 e. The zero-order valence-electron chi connectivity index (χ0n) is 12.1. The maximum atomic E-state index is 6.17. The van der Waals surface area contributed by atoms with Crippen LogP contribution < -0.4 is 5.73 Å². The van der Waals surface area contributed by atoms with E-state index in [-0.39, 0.29) is 6.10 Å². The number of rotatable bonds is 3. The molecule has 110 valence electrons. The average Bonchev–Trinajstić information content (AvgIpc) is 2.83. The fraction of sp³-hybridized carbons (Fsp3) is 0.625. The van der Waals surface area contributed by atoms with E-state index in [1.54, 1.807) is 0 Å². The SMILES string of the molecule is CC1(c2ccccc2)OCC(CN2CCCC(N)C2)O1. The Kier molecular flexibility index (Phi) is 4.08. The second kappa shape index (κ2) is 5.82. The van der Waals surface area contributed by atoms with Crippen LogP contribution in [0, 0.1) is 0 Å². The fourth-order valence-electron chi connectivity index (χ4n) is 3.17. The molecule has 2 N–H and O–H groups in total. The summed E-state index contributed by atoms with van der Waals surface area (Å²) in [5, 5.41) is 0. The summed E-state index contributed by atoms with van der Waals surface area (Å²) in [7, 11) is 0. The van der Waals surface area contributed by atoms with Crippen LogP contribution in [0.15, 0.2) is 30.3 Å². The van der Waals surface area contributed by atoms with Gasteiger partial charge in [-0.15, -0.1) is 0 Å². The van der Waals surface area contributed by atoms with Crippen LogP contribution in [0.2, 0.25) is 0 Å². The van der Waals surface area contributed by atoms with Crippen LogP contribution >= 0.6 is 0 Å². The van der Waals surface area contributed by atoms with Crippen molar-refractivity contribution in [3.8, 4) is 0 Å². The lowest BCUT2D eigenvalue weighted by molar-refractivity contribution is -0.163. The van der Waals surface area contributed by atoms with Crippen LogP contribution in [0.3, 0.4) is 0 Å². The van der Waals surface area contributed by atoms with Gasteiger partial charge in [0.15, 0.2) is 5.79 Å². The van der Waals surface area contributed by atoms with E-state index >= 15 is 0 Å². The summed E-state index contributed by atoms with van der Waals surface area (Å²) < 4.78 is 12.1. The molecule has 1 aromatic carbocycles. The smallest absolute Gasteiger partial charge is 0.192 e. The molecule has 1 aromatic rings. The minimum atomic E-state index is -0.607. The highest BCUT2D eigenvalue weighted by molar-refractivity contribution is 5.20. The van der Waals surface area contributed by atoms with Gasteiger partial charge in [-0.3, -0.25) is 4.90 Å². The third kappa shape index (κ3) is 3.04. The minimum Gasteiger partial charge on any atom is -0.343 e. The number of nitrogens with two attached hydrogens (primary N) is 1. The minimum absolute atomic E-state index is 0.130. The largest absolute Gasteiger partial charge is 0.343 e. The Hall–Kier alpha value is -0.940. The molecule has 0 amide bonds. The number of hydrogen-bond donors (Lipinski definition) is 1. The molecule has 3 unspecified atom stereocenters. The molecule has 20 heavy (non-hydrogen) atoms. The summed E-state index contributed by atoms with van der Waals surface area (Å²) in [5.74, 6) is -0.607. The van der Waals surface area contributed by atoms with Gasteiger partial charge in [-0.25, -0.2) is 0 Å². The van der Waals surface area contributed by atoms with Gasteiger partial charge in [0, 0.05) is 24.7 Å². The van der Waals surface area contributed by atoms with Gasteiger partial charge < -0.3 is 15.2 Å². The molecule has 3 atom stereocenters. The summed E-state index contributed by atoms with van der Waals surface area (Å²) in [5.41, 5.74) is 7.11. The number of likely N-dealkylation sites (tertiary alicyclic amines) is 1.